The van der Waals surface area contributed by atoms with Gasteiger partial charge in [0.1, 0.15) is 11.4 Å². The molecule has 2 fully saturated rings. The normalized spacial score (nSPS) is 17.3. The summed E-state index contributed by atoms with van der Waals surface area (Å²) in [7, 11) is 3.11. The minimum absolute atomic E-state index is 0.0799. The van der Waals surface area contributed by atoms with Gasteiger partial charge in [-0.2, -0.15) is 0 Å². The highest BCUT2D eigenvalue weighted by atomic mass is 35.5. The number of carbonyl (C=O) groups excluding carboxylic acids is 2. The van der Waals surface area contributed by atoms with Crippen LogP contribution in [0.1, 0.15) is 30.7 Å². The number of amides is 2. The fraction of sp³-hybridized carbons (Fsp3) is 0.353. The average molecular weight is 692 g/mol. The summed E-state index contributed by atoms with van der Waals surface area (Å²) in [5, 5.41) is 13.4. The number of aromatic nitrogens is 4. The third-order valence-electron chi connectivity index (χ3n) is 8.40. The van der Waals surface area contributed by atoms with Crippen LogP contribution in [0.15, 0.2) is 48.8 Å². The monoisotopic (exact) mass is 690 g/mol. The van der Waals surface area contributed by atoms with Crippen molar-refractivity contribution < 1.29 is 19.1 Å². The van der Waals surface area contributed by atoms with E-state index in [1.807, 2.05) is 36.4 Å². The van der Waals surface area contributed by atoms with E-state index in [2.05, 4.69) is 31.2 Å². The molecule has 2 aromatic heterocycles. The Balaban J connectivity index is 1.20. The predicted octanol–water partition coefficient (Wildman–Crippen LogP) is 4.19. The molecule has 2 aliphatic heterocycles. The van der Waals surface area contributed by atoms with Crippen LogP contribution >= 0.6 is 23.2 Å². The number of carbonyl (C=O) groups is 2. The molecule has 4 heterocycles. The average Bonchev–Trinajstić information content (AvgIpc) is 3.72. The smallest absolute Gasteiger partial charge is 0.237 e. The van der Waals surface area contributed by atoms with E-state index in [1.54, 1.807) is 26.6 Å². The zero-order chi connectivity index (χ0) is 33.6. The van der Waals surface area contributed by atoms with Crippen molar-refractivity contribution >= 4 is 35.0 Å². The van der Waals surface area contributed by atoms with Crippen LogP contribution < -0.4 is 30.7 Å². The van der Waals surface area contributed by atoms with E-state index in [4.69, 9.17) is 42.6 Å². The fourth-order valence-electron chi connectivity index (χ4n) is 5.90. The highest BCUT2D eigenvalue weighted by molar-refractivity contribution is 6.39. The minimum Gasteiger partial charge on any atom is -0.480 e. The molecule has 2 aromatic carbocycles. The second-order valence-electron chi connectivity index (χ2n) is 11.7. The molecule has 1 unspecified atom stereocenters. The lowest BCUT2D eigenvalue weighted by atomic mass is 9.98. The highest BCUT2D eigenvalue weighted by Crippen LogP contribution is 2.42. The molecule has 0 spiro atoms. The Bertz CT molecular complexity index is 1690. The van der Waals surface area contributed by atoms with Gasteiger partial charge in [0.25, 0.3) is 0 Å². The number of ether oxygens (including phenoxy) is 2. The molecule has 2 atom stereocenters. The summed E-state index contributed by atoms with van der Waals surface area (Å²) in [6.07, 6.45) is 5.23. The molecular weight excluding hydrogens is 655 g/mol. The minimum atomic E-state index is 0.0799. The van der Waals surface area contributed by atoms with Crippen LogP contribution in [0.3, 0.4) is 0 Å². The number of halogens is 2. The summed E-state index contributed by atoms with van der Waals surface area (Å²) in [5.74, 6) is 1.18. The van der Waals surface area contributed by atoms with Crippen molar-refractivity contribution in [2.75, 3.05) is 33.9 Å². The van der Waals surface area contributed by atoms with E-state index in [1.165, 1.54) is 0 Å². The molecule has 2 aliphatic rings. The number of rotatable bonds is 13. The number of hydrogen-bond acceptors (Lipinski definition) is 10. The van der Waals surface area contributed by atoms with Crippen molar-refractivity contribution in [1.29, 1.82) is 0 Å². The number of methoxy groups -OCH3 is 2. The molecule has 12 nitrogen and oxygen atoms in total. The third-order valence-corrected chi connectivity index (χ3v) is 9.22. The zero-order valence-corrected chi connectivity index (χ0v) is 28.1. The molecule has 0 aliphatic carbocycles. The van der Waals surface area contributed by atoms with Crippen molar-refractivity contribution in [3.05, 3.63) is 70.2 Å². The van der Waals surface area contributed by atoms with E-state index in [0.717, 1.165) is 6.42 Å². The van der Waals surface area contributed by atoms with Crippen LogP contribution in [0.2, 0.25) is 10.0 Å². The van der Waals surface area contributed by atoms with Crippen molar-refractivity contribution in [2.45, 2.75) is 38.4 Å². The van der Waals surface area contributed by atoms with E-state index < -0.39 is 0 Å². The fourth-order valence-corrected chi connectivity index (χ4v) is 6.55. The summed E-state index contributed by atoms with van der Waals surface area (Å²) < 4.78 is 11.1. The number of benzene rings is 2. The Kier molecular flexibility index (Phi) is 10.7. The van der Waals surface area contributed by atoms with Gasteiger partial charge < -0.3 is 30.7 Å². The lowest BCUT2D eigenvalue weighted by Crippen LogP contribution is -2.35. The number of hydrogen-bond donors (Lipinski definition) is 4. The van der Waals surface area contributed by atoms with Gasteiger partial charge in [-0.15, -0.1) is 0 Å². The van der Waals surface area contributed by atoms with Gasteiger partial charge in [-0.05, 0) is 12.3 Å². The first-order chi connectivity index (χ1) is 23.3. The van der Waals surface area contributed by atoms with E-state index >= 15 is 0 Å². The Morgan fingerprint density at radius 2 is 1.33 bits per heavy atom. The molecule has 14 heteroatoms. The molecule has 6 rings (SSSR count). The van der Waals surface area contributed by atoms with Gasteiger partial charge in [0.05, 0.1) is 48.0 Å². The SMILES string of the molecule is COc1nc(-c2cccc(-c3cccc(-c4cnc(CNC[C@@H]5CCC(=O)N5)c(OC)n4)c3Cl)c2Cl)cnc1CNCC1CNC(=O)C1. The topological polar surface area (TPSA) is 152 Å². The van der Waals surface area contributed by atoms with E-state index in [9.17, 15) is 9.59 Å². The van der Waals surface area contributed by atoms with E-state index in [0.29, 0.717) is 112 Å². The molecule has 0 bridgehead atoms. The highest BCUT2D eigenvalue weighted by Gasteiger charge is 2.23. The van der Waals surface area contributed by atoms with Gasteiger partial charge in [-0.25, -0.2) is 9.97 Å². The van der Waals surface area contributed by atoms with Crippen molar-refractivity contribution in [3.8, 4) is 45.4 Å². The Morgan fingerprint density at radius 3 is 1.81 bits per heavy atom. The molecule has 4 aromatic rings. The predicted molar refractivity (Wildman–Crippen MR) is 183 cm³/mol. The zero-order valence-electron chi connectivity index (χ0n) is 26.6. The van der Waals surface area contributed by atoms with Crippen LogP contribution in [0, 0.1) is 5.92 Å². The molecule has 0 saturated carbocycles. The van der Waals surface area contributed by atoms with Gasteiger partial charge in [0.2, 0.25) is 23.6 Å². The molecular formula is C34H36Cl2N8O4. The second-order valence-corrected chi connectivity index (χ2v) is 12.5. The third kappa shape index (κ3) is 7.52. The maximum atomic E-state index is 11.5. The van der Waals surface area contributed by atoms with E-state index in [-0.39, 0.29) is 23.8 Å². The van der Waals surface area contributed by atoms with Gasteiger partial charge in [-0.1, -0.05) is 59.6 Å². The molecule has 48 heavy (non-hydrogen) atoms. The molecule has 250 valence electrons. The van der Waals surface area contributed by atoms with Gasteiger partial charge in [0, 0.05) is 73.9 Å². The number of nitrogens with zero attached hydrogens (tertiary/aromatic N) is 4. The van der Waals surface area contributed by atoms with Crippen molar-refractivity contribution in [1.82, 2.24) is 41.2 Å². The summed E-state index contributed by atoms with van der Waals surface area (Å²) in [6.45, 7) is 2.87. The quantitative estimate of drug-likeness (QED) is 0.161. The number of nitrogens with one attached hydrogen (secondary N) is 4. The lowest BCUT2D eigenvalue weighted by Gasteiger charge is -2.15. The van der Waals surface area contributed by atoms with Crippen LogP contribution in [0.5, 0.6) is 11.8 Å². The van der Waals surface area contributed by atoms with Crippen molar-refractivity contribution in [3.63, 3.8) is 0 Å². The van der Waals surface area contributed by atoms with Crippen LogP contribution in [0.25, 0.3) is 33.6 Å². The van der Waals surface area contributed by atoms with Crippen molar-refractivity contribution in [2.24, 2.45) is 5.92 Å². The standard InChI is InChI=1S/C34H36Cl2N8O4/c1-47-33-27(15-37-12-19-11-30(46)41-13-19)39-17-25(43-33)23-7-3-5-21(31(23)35)22-6-4-8-24(32(22)36)26-18-40-28(34(44-26)48-2)16-38-14-20-9-10-29(45)42-20/h3-8,17-20,37-38H,9-16H2,1-2H3,(H,41,46)(H,42,45)/t19?,20-/m0/s1. The maximum absolute atomic E-state index is 11.5. The van der Waals surface area contributed by atoms with Crippen LogP contribution in [-0.4, -0.2) is 71.6 Å². The summed E-state index contributed by atoms with van der Waals surface area (Å²) >= 11 is 14.1. The summed E-state index contributed by atoms with van der Waals surface area (Å²) in [4.78, 5) is 41.6. The second kappa shape index (κ2) is 15.2. The first-order valence-corrected chi connectivity index (χ1v) is 16.5. The Labute approximate surface area is 288 Å². The Hall–Kier alpha value is -4.36. The molecule has 4 N–H and O–H groups in total. The molecule has 2 saturated heterocycles. The Morgan fingerprint density at radius 1 is 0.792 bits per heavy atom. The first kappa shape index (κ1) is 33.5. The maximum Gasteiger partial charge on any atom is 0.237 e. The summed E-state index contributed by atoms with van der Waals surface area (Å²) in [6, 6.07) is 11.4. The van der Waals surface area contributed by atoms with Gasteiger partial charge in [0.15, 0.2) is 0 Å². The van der Waals surface area contributed by atoms with Gasteiger partial charge >= 0.3 is 0 Å². The largest absolute Gasteiger partial charge is 0.480 e. The van der Waals surface area contributed by atoms with Crippen LogP contribution in [0.4, 0.5) is 0 Å². The molecule has 0 radical (unpaired) electrons. The first-order valence-electron chi connectivity index (χ1n) is 15.7. The molecule has 2 amide bonds. The van der Waals surface area contributed by atoms with Crippen LogP contribution in [-0.2, 0) is 22.7 Å². The van der Waals surface area contributed by atoms with Gasteiger partial charge in [-0.3, -0.25) is 19.6 Å². The lowest BCUT2D eigenvalue weighted by molar-refractivity contribution is -0.120. The summed E-state index contributed by atoms with van der Waals surface area (Å²) in [5.41, 5.74) is 5.18.